The predicted octanol–water partition coefficient (Wildman–Crippen LogP) is 1.73. The number of nitrogens with one attached hydrogen (secondary N) is 1. The van der Waals surface area contributed by atoms with Crippen molar-refractivity contribution in [2.24, 2.45) is 5.73 Å². The van der Waals surface area contributed by atoms with Crippen molar-refractivity contribution in [2.75, 3.05) is 0 Å². The van der Waals surface area contributed by atoms with Crippen LogP contribution in [0.1, 0.15) is 15.9 Å². The van der Waals surface area contributed by atoms with Gasteiger partial charge in [0.1, 0.15) is 11.4 Å². The number of amides is 1. The van der Waals surface area contributed by atoms with Crippen LogP contribution in [0.4, 0.5) is 0 Å². The van der Waals surface area contributed by atoms with Crippen LogP contribution in [0.15, 0.2) is 66.4 Å². The molecule has 0 heterocycles. The van der Waals surface area contributed by atoms with E-state index in [0.29, 0.717) is 6.54 Å². The van der Waals surface area contributed by atoms with Crippen molar-refractivity contribution < 1.29 is 14.7 Å². The molecule has 5 nitrogen and oxygen atoms in total. The minimum atomic E-state index is -0.736. The third kappa shape index (κ3) is 3.96. The summed E-state index contributed by atoms with van der Waals surface area (Å²) in [5.74, 6) is -1.37. The molecule has 0 saturated heterocycles. The van der Waals surface area contributed by atoms with Crippen molar-refractivity contribution in [3.63, 3.8) is 0 Å². The number of ketones is 1. The number of rotatable bonds is 6. The highest BCUT2D eigenvalue weighted by molar-refractivity contribution is 6.10. The number of primary amides is 1. The van der Waals surface area contributed by atoms with E-state index in [1.54, 1.807) is 12.1 Å². The number of para-hydroxylation sites is 1. The van der Waals surface area contributed by atoms with Crippen LogP contribution >= 0.6 is 0 Å². The molecule has 112 valence electrons. The smallest absolute Gasteiger partial charge is 0.264 e. The van der Waals surface area contributed by atoms with E-state index in [9.17, 15) is 14.7 Å². The van der Waals surface area contributed by atoms with Crippen molar-refractivity contribution in [1.82, 2.24) is 5.32 Å². The number of carbonyl (C=O) groups is 2. The van der Waals surface area contributed by atoms with Gasteiger partial charge in [-0.25, -0.2) is 0 Å². The highest BCUT2D eigenvalue weighted by atomic mass is 16.3. The summed E-state index contributed by atoms with van der Waals surface area (Å²) >= 11 is 0. The van der Waals surface area contributed by atoms with E-state index in [-0.39, 0.29) is 17.0 Å². The summed E-state index contributed by atoms with van der Waals surface area (Å²) in [4.78, 5) is 23.6. The van der Waals surface area contributed by atoms with Gasteiger partial charge in [-0.3, -0.25) is 9.59 Å². The highest BCUT2D eigenvalue weighted by Crippen LogP contribution is 2.17. The quantitative estimate of drug-likeness (QED) is 0.559. The van der Waals surface area contributed by atoms with E-state index in [0.717, 1.165) is 11.6 Å². The Labute approximate surface area is 128 Å². The Hall–Kier alpha value is -3.08. The number of allylic oxidation sites excluding steroid dienone is 1. The standard InChI is InChI=1S/C17H16N2O3/c18-17(22)14(19-11-12-6-2-1-3-7-12)10-16(21)13-8-4-5-9-15(13)20/h1-10,19-20H,11H2,(H2,18,22)/b14-10-. The van der Waals surface area contributed by atoms with Crippen LogP contribution in [0.5, 0.6) is 5.75 Å². The first-order valence-corrected chi connectivity index (χ1v) is 6.69. The van der Waals surface area contributed by atoms with Crippen molar-refractivity contribution >= 4 is 11.7 Å². The number of benzene rings is 2. The summed E-state index contributed by atoms with van der Waals surface area (Å²) in [5.41, 5.74) is 6.34. The molecule has 0 aliphatic heterocycles. The van der Waals surface area contributed by atoms with E-state index >= 15 is 0 Å². The first kappa shape index (κ1) is 15.3. The van der Waals surface area contributed by atoms with Crippen molar-refractivity contribution in [3.05, 3.63) is 77.5 Å². The van der Waals surface area contributed by atoms with Crippen LogP contribution in [0.25, 0.3) is 0 Å². The monoisotopic (exact) mass is 296 g/mol. The topological polar surface area (TPSA) is 92.4 Å². The van der Waals surface area contributed by atoms with Gasteiger partial charge in [0.25, 0.3) is 5.91 Å². The van der Waals surface area contributed by atoms with Crippen molar-refractivity contribution in [1.29, 1.82) is 0 Å². The minimum absolute atomic E-state index is 0.00268. The molecule has 0 atom stereocenters. The highest BCUT2D eigenvalue weighted by Gasteiger charge is 2.12. The maximum Gasteiger partial charge on any atom is 0.264 e. The predicted molar refractivity (Wildman–Crippen MR) is 83.0 cm³/mol. The van der Waals surface area contributed by atoms with Crippen LogP contribution in [0, 0.1) is 0 Å². The van der Waals surface area contributed by atoms with Gasteiger partial charge in [0, 0.05) is 12.6 Å². The van der Waals surface area contributed by atoms with Crippen LogP contribution < -0.4 is 11.1 Å². The lowest BCUT2D eigenvalue weighted by molar-refractivity contribution is -0.114. The zero-order valence-corrected chi connectivity index (χ0v) is 11.8. The zero-order chi connectivity index (χ0) is 15.9. The van der Waals surface area contributed by atoms with Crippen LogP contribution in [-0.4, -0.2) is 16.8 Å². The van der Waals surface area contributed by atoms with Gasteiger partial charge in [0.05, 0.1) is 5.56 Å². The Morgan fingerprint density at radius 2 is 1.68 bits per heavy atom. The van der Waals surface area contributed by atoms with Gasteiger partial charge in [-0.1, -0.05) is 42.5 Å². The second kappa shape index (κ2) is 7.08. The Balaban J connectivity index is 2.15. The van der Waals surface area contributed by atoms with E-state index in [4.69, 9.17) is 5.73 Å². The molecule has 0 unspecified atom stereocenters. The number of aromatic hydroxyl groups is 1. The third-order valence-corrected chi connectivity index (χ3v) is 3.04. The van der Waals surface area contributed by atoms with Crippen LogP contribution in [-0.2, 0) is 11.3 Å². The molecule has 0 aromatic heterocycles. The number of hydrogen-bond acceptors (Lipinski definition) is 4. The Morgan fingerprint density at radius 1 is 1.05 bits per heavy atom. The number of hydrogen-bond donors (Lipinski definition) is 3. The van der Waals surface area contributed by atoms with Gasteiger partial charge < -0.3 is 16.2 Å². The summed E-state index contributed by atoms with van der Waals surface area (Å²) in [6.07, 6.45) is 1.10. The Bertz CT molecular complexity index is 709. The summed E-state index contributed by atoms with van der Waals surface area (Å²) in [5, 5.41) is 12.5. The summed E-state index contributed by atoms with van der Waals surface area (Å²) in [6, 6.07) is 15.5. The first-order valence-electron chi connectivity index (χ1n) is 6.69. The second-order valence-electron chi connectivity index (χ2n) is 4.64. The fourth-order valence-electron chi connectivity index (χ4n) is 1.89. The average molecular weight is 296 g/mol. The van der Waals surface area contributed by atoms with Gasteiger partial charge in [-0.2, -0.15) is 0 Å². The lowest BCUT2D eigenvalue weighted by atomic mass is 10.1. The fraction of sp³-hybridized carbons (Fsp3) is 0.0588. The van der Waals surface area contributed by atoms with E-state index in [1.165, 1.54) is 12.1 Å². The average Bonchev–Trinajstić information content (AvgIpc) is 2.52. The van der Waals surface area contributed by atoms with Crippen LogP contribution in [0.3, 0.4) is 0 Å². The third-order valence-electron chi connectivity index (χ3n) is 3.04. The summed E-state index contributed by atoms with van der Waals surface area (Å²) in [6.45, 7) is 0.365. The number of carbonyl (C=O) groups excluding carboxylic acids is 2. The van der Waals surface area contributed by atoms with Gasteiger partial charge in [0.2, 0.25) is 0 Å². The van der Waals surface area contributed by atoms with E-state index in [2.05, 4.69) is 5.32 Å². The molecule has 0 radical (unpaired) electrons. The van der Waals surface area contributed by atoms with Crippen molar-refractivity contribution in [3.8, 4) is 5.75 Å². The van der Waals surface area contributed by atoms with Gasteiger partial charge >= 0.3 is 0 Å². The molecule has 0 saturated carbocycles. The first-order chi connectivity index (χ1) is 10.6. The summed E-state index contributed by atoms with van der Waals surface area (Å²) < 4.78 is 0. The second-order valence-corrected chi connectivity index (χ2v) is 4.64. The van der Waals surface area contributed by atoms with E-state index < -0.39 is 11.7 Å². The molecule has 22 heavy (non-hydrogen) atoms. The van der Waals surface area contributed by atoms with E-state index in [1.807, 2.05) is 30.3 Å². The van der Waals surface area contributed by atoms with Gasteiger partial charge in [0.15, 0.2) is 5.78 Å². The molecule has 4 N–H and O–H groups in total. The maximum absolute atomic E-state index is 12.1. The molecule has 2 aromatic carbocycles. The molecule has 0 bridgehead atoms. The Morgan fingerprint density at radius 3 is 2.32 bits per heavy atom. The summed E-state index contributed by atoms with van der Waals surface area (Å²) in [7, 11) is 0. The SMILES string of the molecule is NC(=O)/C(=C/C(=O)c1ccccc1O)NCc1ccccc1. The normalized spacial score (nSPS) is 11.0. The molecule has 0 fully saturated rings. The molecule has 0 aliphatic rings. The van der Waals surface area contributed by atoms with Crippen molar-refractivity contribution in [2.45, 2.75) is 6.54 Å². The number of phenols is 1. The maximum atomic E-state index is 12.1. The molecule has 1 amide bonds. The fourth-order valence-corrected chi connectivity index (χ4v) is 1.89. The Kier molecular flexibility index (Phi) is 4.93. The zero-order valence-electron chi connectivity index (χ0n) is 11.8. The lowest BCUT2D eigenvalue weighted by Crippen LogP contribution is -2.27. The molecular formula is C17H16N2O3. The molecule has 2 rings (SSSR count). The molecular weight excluding hydrogens is 280 g/mol. The lowest BCUT2D eigenvalue weighted by Gasteiger charge is -2.08. The molecule has 5 heteroatoms. The van der Waals surface area contributed by atoms with Gasteiger partial charge in [-0.15, -0.1) is 0 Å². The molecule has 2 aromatic rings. The molecule has 0 aliphatic carbocycles. The van der Waals surface area contributed by atoms with Crippen LogP contribution in [0.2, 0.25) is 0 Å². The van der Waals surface area contributed by atoms with Gasteiger partial charge in [-0.05, 0) is 17.7 Å². The largest absolute Gasteiger partial charge is 0.507 e. The number of phenolic OH excluding ortho intramolecular Hbond substituents is 1. The number of nitrogens with two attached hydrogens (primary N) is 1. The minimum Gasteiger partial charge on any atom is -0.507 e. The molecule has 0 spiro atoms.